The molecule has 0 saturated heterocycles. The average molecular weight is 522 g/mol. The zero-order chi connectivity index (χ0) is 24.5. The Morgan fingerprint density at radius 1 is 1.11 bits per heavy atom. The van der Waals surface area contributed by atoms with Gasteiger partial charge in [0, 0.05) is 23.0 Å². The van der Waals surface area contributed by atoms with E-state index in [0.29, 0.717) is 26.4 Å². The Balaban J connectivity index is 1.37. The number of carbonyl (C=O) groups excluding carboxylic acids is 2. The second-order valence-corrected chi connectivity index (χ2v) is 9.05. The van der Waals surface area contributed by atoms with Crippen molar-refractivity contribution in [2.24, 2.45) is 10.1 Å². The number of thioether (sulfide) groups is 1. The van der Waals surface area contributed by atoms with E-state index in [1.165, 1.54) is 35.0 Å². The van der Waals surface area contributed by atoms with Crippen molar-refractivity contribution in [1.82, 2.24) is 9.99 Å². The molecule has 0 bridgehead atoms. The van der Waals surface area contributed by atoms with Gasteiger partial charge in [0.05, 0.1) is 16.2 Å². The van der Waals surface area contributed by atoms with Crippen LogP contribution in [0, 0.1) is 5.41 Å². The van der Waals surface area contributed by atoms with Crippen LogP contribution in [-0.2, 0) is 4.79 Å². The van der Waals surface area contributed by atoms with Crippen molar-refractivity contribution in [1.29, 1.82) is 5.41 Å². The fraction of sp³-hybridized carbons (Fsp3) is 0. The van der Waals surface area contributed by atoms with Crippen LogP contribution in [0.4, 0.5) is 0 Å². The molecule has 0 saturated carbocycles. The highest BCUT2D eigenvalue weighted by atomic mass is 35.5. The number of pyridine rings is 1. The van der Waals surface area contributed by atoms with E-state index in [4.69, 9.17) is 33.3 Å². The van der Waals surface area contributed by atoms with Crippen molar-refractivity contribution in [3.8, 4) is 5.75 Å². The van der Waals surface area contributed by atoms with E-state index in [2.05, 4.69) is 15.1 Å². The molecule has 3 heterocycles. The molecule has 1 aromatic heterocycles. The lowest BCUT2D eigenvalue weighted by atomic mass is 10.1. The van der Waals surface area contributed by atoms with Crippen molar-refractivity contribution in [2.75, 3.05) is 0 Å². The van der Waals surface area contributed by atoms with Crippen LogP contribution in [0.2, 0.25) is 10.0 Å². The van der Waals surface area contributed by atoms with Gasteiger partial charge in [-0.1, -0.05) is 29.3 Å². The molecule has 0 aliphatic carbocycles. The summed E-state index contributed by atoms with van der Waals surface area (Å²) in [5.41, 5.74) is 1.65. The van der Waals surface area contributed by atoms with Gasteiger partial charge < -0.3 is 4.74 Å². The van der Waals surface area contributed by atoms with E-state index in [9.17, 15) is 9.59 Å². The molecule has 11 heteroatoms. The number of nitrogens with one attached hydrogen (secondary N) is 1. The minimum atomic E-state index is -0.588. The van der Waals surface area contributed by atoms with E-state index in [0.717, 1.165) is 5.56 Å². The van der Waals surface area contributed by atoms with Crippen LogP contribution >= 0.6 is 35.0 Å². The number of aliphatic imine (C=N–C) groups is 1. The maximum atomic E-state index is 12.7. The Kier molecular flexibility index (Phi) is 6.21. The number of hydrogen-bond donors (Lipinski definition) is 1. The number of esters is 1. The SMILES string of the molecule is N=C1/C(=C/c2ccc(OC(=O)c3ccc(Cl)cc3)c(Cl)c2)C(=O)N=C2SC(c3cccnc3)=NN12. The Hall–Kier alpha value is -3.79. The quantitative estimate of drug-likeness (QED) is 0.284. The van der Waals surface area contributed by atoms with Gasteiger partial charge in [0.25, 0.3) is 5.91 Å². The zero-order valence-corrected chi connectivity index (χ0v) is 19.9. The third-order valence-corrected chi connectivity index (χ3v) is 6.42. The summed E-state index contributed by atoms with van der Waals surface area (Å²) in [6, 6.07) is 14.5. The highest BCUT2D eigenvalue weighted by Gasteiger charge is 2.36. The minimum absolute atomic E-state index is 0.0486. The van der Waals surface area contributed by atoms with Crippen LogP contribution in [0.15, 0.2) is 82.7 Å². The van der Waals surface area contributed by atoms with Crippen molar-refractivity contribution in [3.05, 3.63) is 99.3 Å². The van der Waals surface area contributed by atoms with Crippen LogP contribution < -0.4 is 4.74 Å². The smallest absolute Gasteiger partial charge is 0.343 e. The molecule has 35 heavy (non-hydrogen) atoms. The van der Waals surface area contributed by atoms with Crippen LogP contribution in [0.1, 0.15) is 21.5 Å². The van der Waals surface area contributed by atoms with E-state index in [-0.39, 0.29) is 22.2 Å². The number of rotatable bonds is 4. The fourth-order valence-corrected chi connectivity index (χ4v) is 4.43. The molecule has 0 atom stereocenters. The summed E-state index contributed by atoms with van der Waals surface area (Å²) >= 11 is 13.4. The van der Waals surface area contributed by atoms with E-state index < -0.39 is 11.9 Å². The maximum Gasteiger partial charge on any atom is 0.343 e. The number of halogens is 2. The van der Waals surface area contributed by atoms with Gasteiger partial charge in [-0.3, -0.25) is 15.2 Å². The summed E-state index contributed by atoms with van der Waals surface area (Å²) in [6.07, 6.45) is 4.79. The fourth-order valence-electron chi connectivity index (χ4n) is 3.20. The van der Waals surface area contributed by atoms with Gasteiger partial charge in [0.15, 0.2) is 5.84 Å². The lowest BCUT2D eigenvalue weighted by molar-refractivity contribution is -0.114. The number of hydrogen-bond acceptors (Lipinski definition) is 7. The van der Waals surface area contributed by atoms with Gasteiger partial charge in [0.2, 0.25) is 5.17 Å². The molecule has 2 aliphatic heterocycles. The molecule has 1 N–H and O–H groups in total. The molecule has 2 aliphatic rings. The second-order valence-electron chi connectivity index (χ2n) is 7.25. The molecule has 0 fully saturated rings. The van der Waals surface area contributed by atoms with E-state index in [1.54, 1.807) is 48.8 Å². The number of benzene rings is 2. The van der Waals surface area contributed by atoms with Gasteiger partial charge in [-0.05, 0) is 71.9 Å². The molecular weight excluding hydrogens is 509 g/mol. The number of nitrogens with zero attached hydrogens (tertiary/aromatic N) is 4. The lowest BCUT2D eigenvalue weighted by Crippen LogP contribution is -2.35. The first kappa shape index (κ1) is 23.0. The Bertz CT molecular complexity index is 1470. The summed E-state index contributed by atoms with van der Waals surface area (Å²) in [4.78, 5) is 33.2. The van der Waals surface area contributed by atoms with Crippen molar-refractivity contribution < 1.29 is 14.3 Å². The van der Waals surface area contributed by atoms with E-state index >= 15 is 0 Å². The van der Waals surface area contributed by atoms with Gasteiger partial charge in [0.1, 0.15) is 10.8 Å². The largest absolute Gasteiger partial charge is 0.421 e. The summed E-state index contributed by atoms with van der Waals surface area (Å²) in [5, 5.41) is 15.8. The van der Waals surface area contributed by atoms with E-state index in [1.807, 2.05) is 6.07 Å². The highest BCUT2D eigenvalue weighted by Crippen LogP contribution is 2.32. The molecule has 0 radical (unpaired) electrons. The Morgan fingerprint density at radius 3 is 2.63 bits per heavy atom. The second kappa shape index (κ2) is 9.46. The van der Waals surface area contributed by atoms with Crippen molar-refractivity contribution in [2.45, 2.75) is 0 Å². The summed E-state index contributed by atoms with van der Waals surface area (Å²) in [5.74, 6) is -1.11. The molecule has 2 aromatic carbocycles. The third kappa shape index (κ3) is 4.74. The lowest BCUT2D eigenvalue weighted by Gasteiger charge is -2.20. The number of amidine groups is 2. The predicted molar refractivity (Wildman–Crippen MR) is 136 cm³/mol. The highest BCUT2D eigenvalue weighted by molar-refractivity contribution is 8.27. The summed E-state index contributed by atoms with van der Waals surface area (Å²) in [6.45, 7) is 0. The molecular formula is C24H13Cl2N5O3S. The monoisotopic (exact) mass is 521 g/mol. The molecule has 0 spiro atoms. The number of hydrazone groups is 1. The molecule has 8 nitrogen and oxygen atoms in total. The first-order valence-corrected chi connectivity index (χ1v) is 11.6. The molecule has 3 aromatic rings. The van der Waals surface area contributed by atoms with Crippen LogP contribution in [0.5, 0.6) is 5.75 Å². The van der Waals surface area contributed by atoms with Gasteiger partial charge in [-0.25, -0.2) is 4.79 Å². The number of aromatic nitrogens is 1. The number of carbonyl (C=O) groups is 2. The third-order valence-electron chi connectivity index (χ3n) is 4.91. The predicted octanol–water partition coefficient (Wildman–Crippen LogP) is 5.28. The number of amides is 1. The van der Waals surface area contributed by atoms with Crippen LogP contribution in [-0.4, -0.2) is 37.9 Å². The molecule has 5 rings (SSSR count). The topological polar surface area (TPSA) is 108 Å². The first-order valence-electron chi connectivity index (χ1n) is 10.1. The summed E-state index contributed by atoms with van der Waals surface area (Å²) < 4.78 is 5.37. The van der Waals surface area contributed by atoms with Gasteiger partial charge in [-0.2, -0.15) is 15.1 Å². The van der Waals surface area contributed by atoms with Crippen LogP contribution in [0.25, 0.3) is 6.08 Å². The molecule has 0 unspecified atom stereocenters. The Labute approximate surface area is 213 Å². The number of fused-ring (bicyclic) bond motifs is 1. The molecule has 1 amide bonds. The van der Waals surface area contributed by atoms with Crippen LogP contribution in [0.3, 0.4) is 0 Å². The average Bonchev–Trinajstić information content (AvgIpc) is 3.28. The van der Waals surface area contributed by atoms with Gasteiger partial charge >= 0.3 is 5.97 Å². The molecule has 172 valence electrons. The summed E-state index contributed by atoms with van der Waals surface area (Å²) in [7, 11) is 0. The first-order chi connectivity index (χ1) is 16.9. The maximum absolute atomic E-state index is 12.7. The normalized spacial score (nSPS) is 16.2. The minimum Gasteiger partial charge on any atom is -0.421 e. The van der Waals surface area contributed by atoms with Gasteiger partial charge in [-0.15, -0.1) is 0 Å². The van der Waals surface area contributed by atoms with Crippen molar-refractivity contribution in [3.63, 3.8) is 0 Å². The Morgan fingerprint density at radius 2 is 1.91 bits per heavy atom. The number of ether oxygens (including phenoxy) is 1. The zero-order valence-electron chi connectivity index (χ0n) is 17.6. The van der Waals surface area contributed by atoms with Crippen molar-refractivity contribution >= 4 is 69.0 Å². The standard InChI is InChI=1S/C24H13Cl2N5O3S/c25-16-6-4-14(5-7-16)23(33)34-19-8-3-13(11-18(19)26)10-17-20(27)31-24(29-21(17)32)35-22(30-31)15-2-1-9-28-12-15/h1-12,27H/b17-10-,27-20?.